The van der Waals surface area contributed by atoms with E-state index >= 15 is 0 Å². The van der Waals surface area contributed by atoms with Gasteiger partial charge in [-0.05, 0) is 11.6 Å². The van der Waals surface area contributed by atoms with Crippen LogP contribution in [-0.2, 0) is 4.74 Å². The largest absolute Gasteiger partial charge is 0.384 e. The van der Waals surface area contributed by atoms with Gasteiger partial charge in [0.05, 0.1) is 12.3 Å². The normalized spacial score (nSPS) is 12.9. The van der Waals surface area contributed by atoms with E-state index in [4.69, 9.17) is 33.7 Å². The lowest BCUT2D eigenvalue weighted by Crippen LogP contribution is -2.08. The number of hydrogen-bond acceptors (Lipinski definition) is 4. The van der Waals surface area contributed by atoms with Crippen molar-refractivity contribution in [1.29, 1.82) is 0 Å². The van der Waals surface area contributed by atoms with Gasteiger partial charge in [0.25, 0.3) is 0 Å². The lowest BCUT2D eigenvalue weighted by molar-refractivity contribution is 0.183. The zero-order valence-electron chi connectivity index (χ0n) is 7.92. The van der Waals surface area contributed by atoms with Crippen LogP contribution in [0.2, 0.25) is 10.3 Å². The number of halogens is 2. The summed E-state index contributed by atoms with van der Waals surface area (Å²) in [5.41, 5.74) is 6.16. The van der Waals surface area contributed by atoms with E-state index in [2.05, 4.69) is 9.97 Å². The van der Waals surface area contributed by atoms with Crippen molar-refractivity contribution >= 4 is 29.0 Å². The molecule has 1 aromatic rings. The number of anilines is 1. The fraction of sp³-hybridized carbons (Fsp3) is 0.500. The predicted molar refractivity (Wildman–Crippen MR) is 56.8 cm³/mol. The van der Waals surface area contributed by atoms with Crippen molar-refractivity contribution in [2.45, 2.75) is 12.8 Å². The van der Waals surface area contributed by atoms with E-state index in [-0.39, 0.29) is 17.0 Å². The van der Waals surface area contributed by atoms with Gasteiger partial charge in [-0.3, -0.25) is 0 Å². The average Bonchev–Trinajstić information content (AvgIpc) is 2.11. The first kappa shape index (κ1) is 11.5. The van der Waals surface area contributed by atoms with Crippen molar-refractivity contribution in [3.63, 3.8) is 0 Å². The van der Waals surface area contributed by atoms with E-state index in [9.17, 15) is 0 Å². The van der Waals surface area contributed by atoms with Gasteiger partial charge in [0.1, 0.15) is 10.8 Å². The molecule has 0 spiro atoms. The molecular weight excluding hydrogens is 225 g/mol. The van der Waals surface area contributed by atoms with Crippen molar-refractivity contribution in [2.75, 3.05) is 19.5 Å². The number of nitrogens with two attached hydrogens (primary N) is 1. The van der Waals surface area contributed by atoms with Gasteiger partial charge < -0.3 is 10.5 Å². The van der Waals surface area contributed by atoms with E-state index in [1.165, 1.54) is 0 Å². The Morgan fingerprint density at radius 3 is 2.64 bits per heavy atom. The molecule has 0 radical (unpaired) electrons. The maximum Gasteiger partial charge on any atom is 0.224 e. The van der Waals surface area contributed by atoms with E-state index in [1.54, 1.807) is 7.11 Å². The summed E-state index contributed by atoms with van der Waals surface area (Å²) in [6.45, 7) is 2.43. The van der Waals surface area contributed by atoms with Crippen LogP contribution in [0.25, 0.3) is 0 Å². The summed E-state index contributed by atoms with van der Waals surface area (Å²) in [6.07, 6.45) is 0. The average molecular weight is 236 g/mol. The minimum absolute atomic E-state index is 0.0373. The highest BCUT2D eigenvalue weighted by Crippen LogP contribution is 2.27. The fourth-order valence-electron chi connectivity index (χ4n) is 1.11. The minimum Gasteiger partial charge on any atom is -0.384 e. The van der Waals surface area contributed by atoms with E-state index in [0.29, 0.717) is 17.3 Å². The molecule has 0 aliphatic heterocycles. The summed E-state index contributed by atoms with van der Waals surface area (Å²) < 4.78 is 4.99. The molecule has 0 saturated heterocycles. The molecule has 1 unspecified atom stereocenters. The standard InChI is InChI=1S/C8H11Cl2N3O/c1-4(3-14-2)6-5(9)7(11)13-8(10)12-6/h4H,3H2,1-2H3,(H2,11,12,13). The Bertz CT molecular complexity index is 333. The molecule has 0 aliphatic carbocycles. The van der Waals surface area contributed by atoms with Crippen molar-refractivity contribution in [3.8, 4) is 0 Å². The first-order valence-corrected chi connectivity index (χ1v) is 4.79. The number of ether oxygens (including phenoxy) is 1. The Labute approximate surface area is 92.4 Å². The lowest BCUT2D eigenvalue weighted by atomic mass is 10.1. The van der Waals surface area contributed by atoms with Gasteiger partial charge in [0.2, 0.25) is 5.28 Å². The van der Waals surface area contributed by atoms with Crippen molar-refractivity contribution in [2.24, 2.45) is 0 Å². The van der Waals surface area contributed by atoms with Crippen LogP contribution in [0.5, 0.6) is 0 Å². The smallest absolute Gasteiger partial charge is 0.224 e. The number of hydrogen-bond donors (Lipinski definition) is 1. The molecule has 0 bridgehead atoms. The summed E-state index contributed by atoms with van der Waals surface area (Å²) in [5.74, 6) is 0.236. The maximum absolute atomic E-state index is 5.93. The predicted octanol–water partition coefficient (Wildman–Crippen LogP) is 2.12. The molecular formula is C8H11Cl2N3O. The molecule has 1 heterocycles. The van der Waals surface area contributed by atoms with Crippen LogP contribution < -0.4 is 5.73 Å². The Balaban J connectivity index is 3.07. The second kappa shape index (κ2) is 4.77. The molecule has 0 aromatic carbocycles. The van der Waals surface area contributed by atoms with Crippen molar-refractivity contribution in [3.05, 3.63) is 16.0 Å². The molecule has 1 aromatic heterocycles. The quantitative estimate of drug-likeness (QED) is 0.816. The Morgan fingerprint density at radius 1 is 1.43 bits per heavy atom. The van der Waals surface area contributed by atoms with Gasteiger partial charge in [0.15, 0.2) is 0 Å². The van der Waals surface area contributed by atoms with Crippen LogP contribution in [-0.4, -0.2) is 23.7 Å². The minimum atomic E-state index is 0.0373. The van der Waals surface area contributed by atoms with Crippen LogP contribution in [0.15, 0.2) is 0 Å². The molecule has 78 valence electrons. The SMILES string of the molecule is COCC(C)c1nc(Cl)nc(N)c1Cl. The number of aromatic nitrogens is 2. The van der Waals surface area contributed by atoms with Crippen LogP contribution in [0.4, 0.5) is 5.82 Å². The van der Waals surface area contributed by atoms with Crippen molar-refractivity contribution < 1.29 is 4.74 Å². The summed E-state index contributed by atoms with van der Waals surface area (Å²) >= 11 is 11.6. The molecule has 0 amide bonds. The Kier molecular flexibility index (Phi) is 3.92. The number of rotatable bonds is 3. The van der Waals surface area contributed by atoms with Crippen molar-refractivity contribution in [1.82, 2.24) is 9.97 Å². The summed E-state index contributed by atoms with van der Waals surface area (Å²) in [6, 6.07) is 0. The van der Waals surface area contributed by atoms with Gasteiger partial charge >= 0.3 is 0 Å². The monoisotopic (exact) mass is 235 g/mol. The zero-order chi connectivity index (χ0) is 10.7. The maximum atomic E-state index is 5.93. The molecule has 2 N–H and O–H groups in total. The van der Waals surface area contributed by atoms with Gasteiger partial charge in [0, 0.05) is 13.0 Å². The van der Waals surface area contributed by atoms with Crippen LogP contribution in [0, 0.1) is 0 Å². The van der Waals surface area contributed by atoms with E-state index < -0.39 is 0 Å². The first-order chi connectivity index (χ1) is 6.56. The number of nitrogens with zero attached hydrogens (tertiary/aromatic N) is 2. The lowest BCUT2D eigenvalue weighted by Gasteiger charge is -2.12. The second-order valence-electron chi connectivity index (χ2n) is 2.93. The Hall–Kier alpha value is -0.580. The number of methoxy groups -OCH3 is 1. The molecule has 0 saturated carbocycles. The molecule has 4 nitrogen and oxygen atoms in total. The molecule has 0 fully saturated rings. The third-order valence-electron chi connectivity index (χ3n) is 1.76. The van der Waals surface area contributed by atoms with Crippen LogP contribution in [0.3, 0.4) is 0 Å². The molecule has 0 aliphatic rings. The zero-order valence-corrected chi connectivity index (χ0v) is 9.43. The summed E-state index contributed by atoms with van der Waals surface area (Å²) in [4.78, 5) is 7.75. The Morgan fingerprint density at radius 2 is 2.07 bits per heavy atom. The summed E-state index contributed by atoms with van der Waals surface area (Å²) in [7, 11) is 1.61. The van der Waals surface area contributed by atoms with Gasteiger partial charge in [-0.1, -0.05) is 18.5 Å². The highest BCUT2D eigenvalue weighted by Gasteiger charge is 2.15. The highest BCUT2D eigenvalue weighted by molar-refractivity contribution is 6.34. The summed E-state index contributed by atoms with van der Waals surface area (Å²) in [5, 5.41) is 0.448. The number of nitrogen functional groups attached to an aromatic ring is 1. The second-order valence-corrected chi connectivity index (χ2v) is 3.65. The van der Waals surface area contributed by atoms with Gasteiger partial charge in [-0.2, -0.15) is 4.98 Å². The first-order valence-electron chi connectivity index (χ1n) is 4.03. The molecule has 14 heavy (non-hydrogen) atoms. The molecule has 6 heteroatoms. The third kappa shape index (κ3) is 2.47. The third-order valence-corrected chi connectivity index (χ3v) is 2.31. The topological polar surface area (TPSA) is 61.0 Å². The van der Waals surface area contributed by atoms with Crippen LogP contribution >= 0.6 is 23.2 Å². The fourth-order valence-corrected chi connectivity index (χ4v) is 1.56. The van der Waals surface area contributed by atoms with E-state index in [0.717, 1.165) is 0 Å². The highest BCUT2D eigenvalue weighted by atomic mass is 35.5. The van der Waals surface area contributed by atoms with Gasteiger partial charge in [-0.15, -0.1) is 0 Å². The van der Waals surface area contributed by atoms with Crippen LogP contribution in [0.1, 0.15) is 18.5 Å². The molecule has 1 atom stereocenters. The van der Waals surface area contributed by atoms with E-state index in [1.807, 2.05) is 6.92 Å². The van der Waals surface area contributed by atoms with Gasteiger partial charge in [-0.25, -0.2) is 4.98 Å². The molecule has 1 rings (SSSR count).